The first-order chi connectivity index (χ1) is 6.36. The van der Waals surface area contributed by atoms with Crippen LogP contribution in [-0.4, -0.2) is 4.73 Å². The van der Waals surface area contributed by atoms with Gasteiger partial charge in [0.25, 0.3) is 0 Å². The third-order valence-electron chi connectivity index (χ3n) is 1.75. The Bertz CT molecular complexity index is 309. The fraction of sp³-hybridized carbons (Fsp3) is 0.0833. The van der Waals surface area contributed by atoms with Gasteiger partial charge >= 0.3 is 88.3 Å². The van der Waals surface area contributed by atoms with E-state index in [-0.39, 0.29) is 0 Å². The van der Waals surface area contributed by atoms with Crippen LogP contribution < -0.4 is 0 Å². The molecule has 1 rings (SSSR count). The van der Waals surface area contributed by atoms with Gasteiger partial charge in [-0.25, -0.2) is 0 Å². The number of hydrogen-bond donors (Lipinski definition) is 0. The number of benzene rings is 1. The molecule has 0 atom stereocenters. The molecule has 0 amide bonds. The molecule has 0 fully saturated rings. The van der Waals surface area contributed by atoms with Gasteiger partial charge in [-0.15, -0.1) is 0 Å². The maximum atomic E-state index is 3.69. The average Bonchev–Trinajstić information content (AvgIpc) is 2.19. The fourth-order valence-corrected chi connectivity index (χ4v) is 1.41. The van der Waals surface area contributed by atoms with Crippen LogP contribution in [0, 0.1) is 0 Å². The van der Waals surface area contributed by atoms with E-state index in [1.807, 2.05) is 18.2 Å². The van der Waals surface area contributed by atoms with Gasteiger partial charge in [-0.1, -0.05) is 0 Å². The van der Waals surface area contributed by atoms with Crippen molar-refractivity contribution in [2.45, 2.75) is 6.42 Å². The molecule has 0 bridgehead atoms. The van der Waals surface area contributed by atoms with Crippen LogP contribution in [0.2, 0.25) is 0 Å². The van der Waals surface area contributed by atoms with Crippen LogP contribution in [0.5, 0.6) is 0 Å². The van der Waals surface area contributed by atoms with Crippen molar-refractivity contribution < 1.29 is 17.0 Å². The first-order valence-corrected chi connectivity index (χ1v) is 5.00. The van der Waals surface area contributed by atoms with Crippen molar-refractivity contribution in [1.82, 2.24) is 0 Å². The summed E-state index contributed by atoms with van der Waals surface area (Å²) in [5, 5.41) is 0. The SMILES string of the molecule is C=CC=C([CH]=[V])Cc1ccccc1. The van der Waals surface area contributed by atoms with Crippen LogP contribution in [0.1, 0.15) is 5.56 Å². The Morgan fingerprint density at radius 3 is 2.54 bits per heavy atom. The molecule has 0 aliphatic carbocycles. The third kappa shape index (κ3) is 3.58. The van der Waals surface area contributed by atoms with Crippen LogP contribution in [0.3, 0.4) is 0 Å². The number of allylic oxidation sites excluding steroid dienone is 3. The average molecular weight is 207 g/mol. The van der Waals surface area contributed by atoms with Gasteiger partial charge < -0.3 is 0 Å². The second kappa shape index (κ2) is 5.74. The molecule has 65 valence electrons. The van der Waals surface area contributed by atoms with Crippen molar-refractivity contribution >= 4 is 4.73 Å². The molecular weight excluding hydrogens is 195 g/mol. The van der Waals surface area contributed by atoms with Gasteiger partial charge in [0.15, 0.2) is 0 Å². The summed E-state index contributed by atoms with van der Waals surface area (Å²) in [7, 11) is 0. The van der Waals surface area contributed by atoms with Gasteiger partial charge in [0.2, 0.25) is 0 Å². The molecule has 0 radical (unpaired) electrons. The third-order valence-corrected chi connectivity index (χ3v) is 2.27. The van der Waals surface area contributed by atoms with E-state index in [2.05, 4.69) is 52.6 Å². The summed E-state index contributed by atoms with van der Waals surface area (Å²) < 4.78 is 2.06. The van der Waals surface area contributed by atoms with Gasteiger partial charge in [-0.2, -0.15) is 0 Å². The van der Waals surface area contributed by atoms with E-state index in [0.717, 1.165) is 6.42 Å². The van der Waals surface area contributed by atoms with Crippen molar-refractivity contribution in [2.24, 2.45) is 0 Å². The summed E-state index contributed by atoms with van der Waals surface area (Å²) in [5.74, 6) is 0. The fourth-order valence-electron chi connectivity index (χ4n) is 1.13. The second-order valence-corrected chi connectivity index (χ2v) is 3.17. The Morgan fingerprint density at radius 2 is 2.00 bits per heavy atom. The zero-order chi connectivity index (χ0) is 9.52. The molecule has 0 nitrogen and oxygen atoms in total. The van der Waals surface area contributed by atoms with Crippen LogP contribution in [-0.2, 0) is 23.4 Å². The number of rotatable bonds is 4. The zero-order valence-electron chi connectivity index (χ0n) is 7.48. The molecular formula is C12H12V. The molecule has 1 aromatic carbocycles. The quantitative estimate of drug-likeness (QED) is 0.666. The van der Waals surface area contributed by atoms with Gasteiger partial charge in [0.1, 0.15) is 0 Å². The van der Waals surface area contributed by atoms with E-state index in [1.165, 1.54) is 11.1 Å². The molecule has 0 N–H and O–H groups in total. The molecule has 0 spiro atoms. The molecule has 1 heteroatoms. The maximum absolute atomic E-state index is 3.69. The molecule has 1 aromatic rings. The first kappa shape index (κ1) is 10.2. The van der Waals surface area contributed by atoms with Crippen LogP contribution >= 0.6 is 0 Å². The molecule has 0 saturated heterocycles. The van der Waals surface area contributed by atoms with Crippen molar-refractivity contribution in [3.8, 4) is 0 Å². The van der Waals surface area contributed by atoms with E-state index in [9.17, 15) is 0 Å². The molecule has 0 aromatic heterocycles. The molecule has 0 aliphatic rings. The Kier molecular flexibility index (Phi) is 4.52. The van der Waals surface area contributed by atoms with E-state index < -0.39 is 0 Å². The summed E-state index contributed by atoms with van der Waals surface area (Å²) in [5.41, 5.74) is 2.61. The standard InChI is InChI=1S/C12H12.V/c1-3-7-11(2)10-12-8-5-4-6-9-12;/h2-9H,1,10H2;. The molecule has 0 saturated carbocycles. The van der Waals surface area contributed by atoms with Crippen molar-refractivity contribution in [3.63, 3.8) is 0 Å². The Morgan fingerprint density at radius 1 is 1.31 bits per heavy atom. The van der Waals surface area contributed by atoms with Crippen LogP contribution in [0.4, 0.5) is 0 Å². The van der Waals surface area contributed by atoms with Crippen molar-refractivity contribution in [2.75, 3.05) is 0 Å². The van der Waals surface area contributed by atoms with E-state index in [4.69, 9.17) is 0 Å². The van der Waals surface area contributed by atoms with E-state index in [0.29, 0.717) is 0 Å². The van der Waals surface area contributed by atoms with Gasteiger partial charge in [0.05, 0.1) is 0 Å². The zero-order valence-corrected chi connectivity index (χ0v) is 8.88. The van der Waals surface area contributed by atoms with Crippen molar-refractivity contribution in [1.29, 1.82) is 0 Å². The summed E-state index contributed by atoms with van der Waals surface area (Å²) in [4.78, 5) is 0. The summed E-state index contributed by atoms with van der Waals surface area (Å²) in [6.07, 6.45) is 4.83. The first-order valence-electron chi connectivity index (χ1n) is 4.19. The summed E-state index contributed by atoms with van der Waals surface area (Å²) in [6, 6.07) is 10.4. The van der Waals surface area contributed by atoms with Gasteiger partial charge in [-0.05, 0) is 0 Å². The van der Waals surface area contributed by atoms with Gasteiger partial charge in [0, 0.05) is 0 Å². The normalized spacial score (nSPS) is 10.8. The monoisotopic (exact) mass is 207 g/mol. The second-order valence-electron chi connectivity index (χ2n) is 2.77. The molecule has 0 unspecified atom stereocenters. The van der Waals surface area contributed by atoms with E-state index >= 15 is 0 Å². The predicted octanol–water partition coefficient (Wildman–Crippen LogP) is 2.69. The summed E-state index contributed by atoms with van der Waals surface area (Å²) >= 11 is 2.48. The number of hydrogen-bond acceptors (Lipinski definition) is 0. The Balaban J connectivity index is 2.73. The minimum atomic E-state index is 0.974. The minimum absolute atomic E-state index is 0.974. The van der Waals surface area contributed by atoms with Gasteiger partial charge in [-0.3, -0.25) is 0 Å². The Hall–Kier alpha value is -0.846. The van der Waals surface area contributed by atoms with Crippen LogP contribution in [0.25, 0.3) is 0 Å². The molecule has 0 aliphatic heterocycles. The Labute approximate surface area is 88.5 Å². The molecule has 0 heterocycles. The molecule has 13 heavy (non-hydrogen) atoms. The summed E-state index contributed by atoms with van der Waals surface area (Å²) in [6.45, 7) is 3.69. The topological polar surface area (TPSA) is 0 Å². The van der Waals surface area contributed by atoms with Crippen LogP contribution in [0.15, 0.2) is 54.6 Å². The predicted molar refractivity (Wildman–Crippen MR) is 54.5 cm³/mol. The van der Waals surface area contributed by atoms with Crippen molar-refractivity contribution in [3.05, 3.63) is 60.2 Å². The van der Waals surface area contributed by atoms with E-state index in [1.54, 1.807) is 0 Å².